The molecule has 0 radical (unpaired) electrons. The molecule has 0 fully saturated rings. The Labute approximate surface area is 154 Å². The number of carbonyl (C=O) groups is 2. The minimum Gasteiger partial charge on any atom is -0.506 e. The molecule has 3 aromatic rings. The first kappa shape index (κ1) is 18.2. The first-order valence-corrected chi connectivity index (χ1v) is 8.22. The van der Waals surface area contributed by atoms with Crippen LogP contribution in [0.1, 0.15) is 33.8 Å². The molecule has 0 spiro atoms. The summed E-state index contributed by atoms with van der Waals surface area (Å²) >= 11 is 0. The van der Waals surface area contributed by atoms with Gasteiger partial charge in [0.1, 0.15) is 11.3 Å². The van der Waals surface area contributed by atoms with Gasteiger partial charge >= 0.3 is 5.97 Å². The minimum atomic E-state index is -0.832. The molecule has 4 N–H and O–H groups in total. The highest BCUT2D eigenvalue weighted by atomic mass is 16.5. The lowest BCUT2D eigenvalue weighted by Gasteiger charge is -2.19. The number of fused-ring (bicyclic) bond motifs is 1. The van der Waals surface area contributed by atoms with Crippen molar-refractivity contribution >= 4 is 22.6 Å². The standard InChI is InChI=1S/C20H18N2O5/c1-27-20(26)15-10-22-19(25)17(18(15)24)14(9-16(21)23)13-8-4-6-11-5-2-3-7-12(11)13/h2-8,10,14H,9H2,1H3,(H2,21,23)(H2,22,24,25)/t14-/m0/s1. The number of hydrogen-bond acceptors (Lipinski definition) is 5. The van der Waals surface area contributed by atoms with E-state index in [1.807, 2.05) is 30.3 Å². The third kappa shape index (κ3) is 3.39. The van der Waals surface area contributed by atoms with E-state index >= 15 is 0 Å². The van der Waals surface area contributed by atoms with Gasteiger partial charge in [0.05, 0.1) is 12.7 Å². The predicted molar refractivity (Wildman–Crippen MR) is 99.7 cm³/mol. The summed E-state index contributed by atoms with van der Waals surface area (Å²) in [5.74, 6) is -2.80. The Balaban J connectivity index is 2.30. The summed E-state index contributed by atoms with van der Waals surface area (Å²) in [4.78, 5) is 38.6. The van der Waals surface area contributed by atoms with Crippen LogP contribution in [0.3, 0.4) is 0 Å². The molecule has 0 saturated carbocycles. The zero-order valence-corrected chi connectivity index (χ0v) is 14.6. The van der Waals surface area contributed by atoms with Gasteiger partial charge in [-0.3, -0.25) is 9.59 Å². The zero-order valence-electron chi connectivity index (χ0n) is 14.6. The van der Waals surface area contributed by atoms with Crippen molar-refractivity contribution in [2.75, 3.05) is 7.11 Å². The summed E-state index contributed by atoms with van der Waals surface area (Å²) in [5.41, 5.74) is 5.15. The van der Waals surface area contributed by atoms with Gasteiger partial charge in [0, 0.05) is 18.5 Å². The van der Waals surface area contributed by atoms with Crippen LogP contribution in [0.15, 0.2) is 53.5 Å². The van der Waals surface area contributed by atoms with E-state index in [9.17, 15) is 19.5 Å². The molecule has 7 nitrogen and oxygen atoms in total. The maximum atomic E-state index is 12.5. The molecule has 1 atom stereocenters. The van der Waals surface area contributed by atoms with Crippen LogP contribution in [0.5, 0.6) is 5.75 Å². The van der Waals surface area contributed by atoms with Gasteiger partial charge in [-0.05, 0) is 16.3 Å². The number of rotatable bonds is 5. The summed E-state index contributed by atoms with van der Waals surface area (Å²) in [5, 5.41) is 12.3. The zero-order chi connectivity index (χ0) is 19.6. The molecule has 27 heavy (non-hydrogen) atoms. The minimum absolute atomic E-state index is 0.104. The lowest BCUT2D eigenvalue weighted by molar-refractivity contribution is -0.118. The number of hydrogen-bond donors (Lipinski definition) is 3. The molecular formula is C20H18N2O5. The van der Waals surface area contributed by atoms with Gasteiger partial charge in [-0.2, -0.15) is 0 Å². The van der Waals surface area contributed by atoms with E-state index in [1.54, 1.807) is 12.1 Å². The van der Waals surface area contributed by atoms with Gasteiger partial charge in [0.2, 0.25) is 5.91 Å². The van der Waals surface area contributed by atoms with Gasteiger partial charge in [-0.1, -0.05) is 42.5 Å². The molecule has 138 valence electrons. The van der Waals surface area contributed by atoms with Gasteiger partial charge in [-0.25, -0.2) is 4.79 Å². The molecule has 0 unspecified atom stereocenters. The Morgan fingerprint density at radius 1 is 1.19 bits per heavy atom. The van der Waals surface area contributed by atoms with Crippen molar-refractivity contribution in [3.8, 4) is 5.75 Å². The number of methoxy groups -OCH3 is 1. The van der Waals surface area contributed by atoms with Crippen LogP contribution in [0.2, 0.25) is 0 Å². The van der Waals surface area contributed by atoms with Gasteiger partial charge in [0.25, 0.3) is 5.56 Å². The van der Waals surface area contributed by atoms with Crippen LogP contribution in [-0.2, 0) is 9.53 Å². The number of amides is 1. The molecule has 7 heteroatoms. The number of aromatic amines is 1. The highest BCUT2D eigenvalue weighted by Gasteiger charge is 2.28. The molecule has 3 rings (SSSR count). The lowest BCUT2D eigenvalue weighted by atomic mass is 9.85. The number of esters is 1. The highest BCUT2D eigenvalue weighted by molar-refractivity contribution is 5.93. The molecular weight excluding hydrogens is 348 g/mol. The predicted octanol–water partition coefficient (Wildman–Crippen LogP) is 2.03. The van der Waals surface area contributed by atoms with Gasteiger partial charge in [0.15, 0.2) is 0 Å². The number of ether oxygens (including phenoxy) is 1. The Morgan fingerprint density at radius 2 is 1.89 bits per heavy atom. The highest BCUT2D eigenvalue weighted by Crippen LogP contribution is 2.36. The smallest absolute Gasteiger partial charge is 0.343 e. The van der Waals surface area contributed by atoms with Crippen molar-refractivity contribution in [1.82, 2.24) is 4.98 Å². The van der Waals surface area contributed by atoms with E-state index in [4.69, 9.17) is 5.73 Å². The van der Waals surface area contributed by atoms with Crippen molar-refractivity contribution in [3.05, 3.63) is 75.7 Å². The number of nitrogens with one attached hydrogen (secondary N) is 1. The molecule has 1 amide bonds. The third-order valence-electron chi connectivity index (χ3n) is 4.46. The average Bonchev–Trinajstić information content (AvgIpc) is 2.66. The van der Waals surface area contributed by atoms with Crippen molar-refractivity contribution in [1.29, 1.82) is 0 Å². The first-order valence-electron chi connectivity index (χ1n) is 8.22. The molecule has 0 aliphatic heterocycles. The monoisotopic (exact) mass is 366 g/mol. The number of aromatic nitrogens is 1. The van der Waals surface area contributed by atoms with Crippen LogP contribution < -0.4 is 11.3 Å². The Hall–Kier alpha value is -3.61. The topological polar surface area (TPSA) is 122 Å². The average molecular weight is 366 g/mol. The van der Waals surface area contributed by atoms with E-state index in [2.05, 4.69) is 9.72 Å². The fourth-order valence-corrected chi connectivity index (χ4v) is 3.25. The number of primary amides is 1. The van der Waals surface area contributed by atoms with E-state index in [1.165, 1.54) is 0 Å². The number of pyridine rings is 1. The second-order valence-corrected chi connectivity index (χ2v) is 6.08. The fourth-order valence-electron chi connectivity index (χ4n) is 3.25. The van der Waals surface area contributed by atoms with Gasteiger partial charge in [-0.15, -0.1) is 0 Å². The number of H-pyrrole nitrogens is 1. The summed E-state index contributed by atoms with van der Waals surface area (Å²) < 4.78 is 4.64. The molecule has 1 aromatic heterocycles. The van der Waals surface area contributed by atoms with Gasteiger partial charge < -0.3 is 20.6 Å². The van der Waals surface area contributed by atoms with Crippen LogP contribution in [0.4, 0.5) is 0 Å². The molecule has 2 aromatic carbocycles. The second kappa shape index (κ2) is 7.33. The van der Waals surface area contributed by atoms with Crippen molar-refractivity contribution in [3.63, 3.8) is 0 Å². The molecule has 0 saturated heterocycles. The largest absolute Gasteiger partial charge is 0.506 e. The second-order valence-electron chi connectivity index (χ2n) is 6.08. The number of carbonyl (C=O) groups excluding carboxylic acids is 2. The van der Waals surface area contributed by atoms with Crippen LogP contribution in [0, 0.1) is 0 Å². The van der Waals surface area contributed by atoms with E-state index in [-0.39, 0.29) is 17.5 Å². The van der Waals surface area contributed by atoms with Crippen LogP contribution in [0.25, 0.3) is 10.8 Å². The van der Waals surface area contributed by atoms with E-state index in [0.717, 1.165) is 24.1 Å². The molecule has 0 bridgehead atoms. The Kier molecular flexibility index (Phi) is 4.94. The van der Waals surface area contributed by atoms with E-state index < -0.39 is 29.1 Å². The first-order chi connectivity index (χ1) is 12.9. The summed E-state index contributed by atoms with van der Waals surface area (Å²) in [7, 11) is 1.16. The Morgan fingerprint density at radius 3 is 2.59 bits per heavy atom. The van der Waals surface area contributed by atoms with E-state index in [0.29, 0.717) is 5.56 Å². The summed E-state index contributed by atoms with van der Waals surface area (Å²) in [6.07, 6.45) is 0.868. The van der Waals surface area contributed by atoms with Crippen molar-refractivity contribution < 1.29 is 19.4 Å². The summed E-state index contributed by atoms with van der Waals surface area (Å²) in [6.45, 7) is 0. The quantitative estimate of drug-likeness (QED) is 0.596. The van der Waals surface area contributed by atoms with Crippen LogP contribution in [-0.4, -0.2) is 29.1 Å². The molecule has 0 aliphatic carbocycles. The van der Waals surface area contributed by atoms with Crippen molar-refractivity contribution in [2.45, 2.75) is 12.3 Å². The third-order valence-corrected chi connectivity index (χ3v) is 4.46. The Bertz CT molecular complexity index is 1080. The summed E-state index contributed by atoms with van der Waals surface area (Å²) in [6, 6.07) is 12.9. The lowest BCUT2D eigenvalue weighted by Crippen LogP contribution is -2.24. The SMILES string of the molecule is COC(=O)c1c[nH]c(=O)c([C@@H](CC(N)=O)c2cccc3ccccc23)c1O. The maximum Gasteiger partial charge on any atom is 0.343 e. The van der Waals surface area contributed by atoms with Crippen molar-refractivity contribution in [2.24, 2.45) is 5.73 Å². The van der Waals surface area contributed by atoms with Crippen LogP contribution >= 0.6 is 0 Å². The normalized spacial score (nSPS) is 11.9. The number of nitrogens with two attached hydrogens (primary N) is 1. The molecule has 0 aliphatic rings. The number of aromatic hydroxyl groups is 1. The fraction of sp³-hybridized carbons (Fsp3) is 0.150. The molecule has 1 heterocycles. The maximum absolute atomic E-state index is 12.5. The number of benzene rings is 2.